The Bertz CT molecular complexity index is 996. The lowest BCUT2D eigenvalue weighted by Crippen LogP contribution is -2.48. The first-order valence-electron chi connectivity index (χ1n) is 10.4. The van der Waals surface area contributed by atoms with Crippen molar-refractivity contribution in [2.24, 2.45) is 5.92 Å². The van der Waals surface area contributed by atoms with Gasteiger partial charge in [-0.25, -0.2) is 0 Å². The average Bonchev–Trinajstić information content (AvgIpc) is 2.99. The largest absolute Gasteiger partial charge is 0.494 e. The molecule has 0 amide bonds. The molecule has 0 saturated carbocycles. The monoisotopic (exact) mass is 384 g/mol. The third-order valence-corrected chi connectivity index (χ3v) is 6.51. The minimum atomic E-state index is -0.352. The van der Waals surface area contributed by atoms with Crippen LogP contribution in [0.25, 0.3) is 22.3 Å². The van der Waals surface area contributed by atoms with Crippen LogP contribution in [-0.4, -0.2) is 18.3 Å². The lowest BCUT2D eigenvalue weighted by atomic mass is 9.77. The van der Waals surface area contributed by atoms with E-state index in [0.717, 1.165) is 5.46 Å². The van der Waals surface area contributed by atoms with E-state index in [9.17, 15) is 0 Å². The summed E-state index contributed by atoms with van der Waals surface area (Å²) in [6.45, 7) is 10.8. The maximum absolute atomic E-state index is 6.47. The number of rotatable bonds is 4. The molecule has 1 aliphatic heterocycles. The second-order valence-electron chi connectivity index (χ2n) is 8.91. The molecule has 0 aromatic heterocycles. The average molecular weight is 384 g/mol. The van der Waals surface area contributed by atoms with E-state index in [4.69, 9.17) is 9.31 Å². The predicted octanol–water partition coefficient (Wildman–Crippen LogP) is 5.96. The van der Waals surface area contributed by atoms with Crippen LogP contribution in [0.4, 0.5) is 0 Å². The zero-order valence-electron chi connectivity index (χ0n) is 18.0. The Labute approximate surface area is 175 Å². The highest BCUT2D eigenvalue weighted by Gasteiger charge is 2.56. The molecule has 3 aromatic carbocycles. The van der Waals surface area contributed by atoms with Gasteiger partial charge in [0, 0.05) is 0 Å². The molecule has 0 aliphatic carbocycles. The molecule has 148 valence electrons. The van der Waals surface area contributed by atoms with Crippen LogP contribution in [0.5, 0.6) is 0 Å². The molecule has 3 aromatic rings. The molecule has 2 nitrogen and oxygen atoms in total. The second-order valence-corrected chi connectivity index (χ2v) is 8.91. The molecule has 0 N–H and O–H groups in total. The lowest BCUT2D eigenvalue weighted by molar-refractivity contribution is -0.0435. The Kier molecular flexibility index (Phi) is 5.14. The van der Waals surface area contributed by atoms with Crippen LogP contribution >= 0.6 is 0 Å². The summed E-state index contributed by atoms with van der Waals surface area (Å²) in [5, 5.41) is 0. The standard InChI is InChI=1S/C26H29BO2/c1-19(2)26(5)25(3,4)28-27(29-26)24-16-10-15-23(18-24)22-14-9-13-21(17-22)20-11-7-6-8-12-20/h6-19H,1-5H3. The SMILES string of the molecule is CC(C)C1(C)OB(c2cccc(-c3cccc(-c4ccccc4)c3)c2)OC1(C)C. The topological polar surface area (TPSA) is 18.5 Å². The lowest BCUT2D eigenvalue weighted by Gasteiger charge is -2.39. The zero-order chi connectivity index (χ0) is 20.6. The number of hydrogen-bond acceptors (Lipinski definition) is 2. The van der Waals surface area contributed by atoms with E-state index in [2.05, 4.69) is 107 Å². The molecule has 1 unspecified atom stereocenters. The molecule has 1 heterocycles. The first kappa shape index (κ1) is 19.9. The van der Waals surface area contributed by atoms with Crippen LogP contribution < -0.4 is 5.46 Å². The van der Waals surface area contributed by atoms with Crippen molar-refractivity contribution in [3.63, 3.8) is 0 Å². The summed E-state index contributed by atoms with van der Waals surface area (Å²) in [5.74, 6) is 0.355. The summed E-state index contributed by atoms with van der Waals surface area (Å²) >= 11 is 0. The van der Waals surface area contributed by atoms with Gasteiger partial charge in [-0.1, -0.05) is 86.6 Å². The molecule has 1 saturated heterocycles. The van der Waals surface area contributed by atoms with Crippen molar-refractivity contribution in [3.05, 3.63) is 78.9 Å². The highest BCUT2D eigenvalue weighted by atomic mass is 16.7. The van der Waals surface area contributed by atoms with Gasteiger partial charge in [-0.15, -0.1) is 0 Å². The summed E-state index contributed by atoms with van der Waals surface area (Å²) in [7, 11) is -0.352. The highest BCUT2D eigenvalue weighted by molar-refractivity contribution is 6.62. The van der Waals surface area contributed by atoms with Gasteiger partial charge in [-0.05, 0) is 60.5 Å². The van der Waals surface area contributed by atoms with Crippen LogP contribution in [0.3, 0.4) is 0 Å². The van der Waals surface area contributed by atoms with E-state index in [1.54, 1.807) is 0 Å². The molecule has 4 rings (SSSR count). The van der Waals surface area contributed by atoms with E-state index in [1.807, 2.05) is 6.07 Å². The Hall–Kier alpha value is -2.36. The van der Waals surface area contributed by atoms with E-state index in [1.165, 1.54) is 22.3 Å². The van der Waals surface area contributed by atoms with Crippen molar-refractivity contribution in [2.45, 2.75) is 45.8 Å². The van der Waals surface area contributed by atoms with Gasteiger partial charge in [0.25, 0.3) is 0 Å². The summed E-state index contributed by atoms with van der Waals surface area (Å²) < 4.78 is 12.8. The van der Waals surface area contributed by atoms with Crippen LogP contribution in [0.2, 0.25) is 0 Å². The Balaban J connectivity index is 1.66. The van der Waals surface area contributed by atoms with Crippen molar-refractivity contribution >= 4 is 12.6 Å². The van der Waals surface area contributed by atoms with Crippen molar-refractivity contribution in [2.75, 3.05) is 0 Å². The Morgan fingerprint density at radius 1 is 0.655 bits per heavy atom. The summed E-state index contributed by atoms with van der Waals surface area (Å²) in [6.07, 6.45) is 0. The summed E-state index contributed by atoms with van der Waals surface area (Å²) in [4.78, 5) is 0. The van der Waals surface area contributed by atoms with Gasteiger partial charge >= 0.3 is 7.12 Å². The Morgan fingerprint density at radius 2 is 1.21 bits per heavy atom. The molecule has 1 fully saturated rings. The fourth-order valence-corrected chi connectivity index (χ4v) is 4.11. The van der Waals surface area contributed by atoms with Gasteiger partial charge in [0.1, 0.15) is 0 Å². The summed E-state index contributed by atoms with van der Waals surface area (Å²) in [5.41, 5.74) is 5.18. The molecule has 0 spiro atoms. The van der Waals surface area contributed by atoms with Crippen LogP contribution in [0.1, 0.15) is 34.6 Å². The third-order valence-electron chi connectivity index (χ3n) is 6.51. The van der Waals surface area contributed by atoms with E-state index in [-0.39, 0.29) is 18.3 Å². The fraction of sp³-hybridized carbons (Fsp3) is 0.308. The highest BCUT2D eigenvalue weighted by Crippen LogP contribution is 2.42. The van der Waals surface area contributed by atoms with Crippen molar-refractivity contribution < 1.29 is 9.31 Å². The van der Waals surface area contributed by atoms with Crippen LogP contribution in [-0.2, 0) is 9.31 Å². The van der Waals surface area contributed by atoms with Gasteiger partial charge in [0.15, 0.2) is 0 Å². The van der Waals surface area contributed by atoms with Gasteiger partial charge < -0.3 is 9.31 Å². The first-order valence-corrected chi connectivity index (χ1v) is 10.4. The van der Waals surface area contributed by atoms with E-state index >= 15 is 0 Å². The molecule has 0 radical (unpaired) electrons. The maximum atomic E-state index is 6.47. The predicted molar refractivity (Wildman–Crippen MR) is 122 cm³/mol. The third kappa shape index (κ3) is 3.65. The molecule has 1 atom stereocenters. The smallest absolute Gasteiger partial charge is 0.399 e. The van der Waals surface area contributed by atoms with Crippen molar-refractivity contribution in [1.29, 1.82) is 0 Å². The minimum absolute atomic E-state index is 0.332. The number of hydrogen-bond donors (Lipinski definition) is 0. The zero-order valence-corrected chi connectivity index (χ0v) is 18.0. The van der Waals surface area contributed by atoms with Gasteiger partial charge in [0.05, 0.1) is 11.2 Å². The fourth-order valence-electron chi connectivity index (χ4n) is 4.11. The summed E-state index contributed by atoms with van der Waals surface area (Å²) in [6, 6.07) is 27.7. The van der Waals surface area contributed by atoms with Gasteiger partial charge in [-0.2, -0.15) is 0 Å². The van der Waals surface area contributed by atoms with E-state index < -0.39 is 0 Å². The van der Waals surface area contributed by atoms with Gasteiger partial charge in [0.2, 0.25) is 0 Å². The Morgan fingerprint density at radius 3 is 1.83 bits per heavy atom. The molecular weight excluding hydrogens is 355 g/mol. The molecular formula is C26H29BO2. The minimum Gasteiger partial charge on any atom is -0.399 e. The quantitative estimate of drug-likeness (QED) is 0.517. The van der Waals surface area contributed by atoms with E-state index in [0.29, 0.717) is 5.92 Å². The number of benzene rings is 3. The van der Waals surface area contributed by atoms with Crippen molar-refractivity contribution in [3.8, 4) is 22.3 Å². The normalized spacial score (nSPS) is 21.0. The van der Waals surface area contributed by atoms with Gasteiger partial charge in [-0.3, -0.25) is 0 Å². The molecule has 3 heteroatoms. The van der Waals surface area contributed by atoms with Crippen LogP contribution in [0, 0.1) is 5.92 Å². The first-order chi connectivity index (χ1) is 13.8. The van der Waals surface area contributed by atoms with Crippen LogP contribution in [0.15, 0.2) is 78.9 Å². The van der Waals surface area contributed by atoms with Crippen molar-refractivity contribution in [1.82, 2.24) is 0 Å². The molecule has 29 heavy (non-hydrogen) atoms. The second kappa shape index (κ2) is 7.48. The molecule has 1 aliphatic rings. The molecule has 0 bridgehead atoms. The maximum Gasteiger partial charge on any atom is 0.494 e.